The number of carboxylic acid groups (broad SMARTS) is 1. The number of hydrogen-bond acceptors (Lipinski definition) is 4. The molecule has 1 aromatic heterocycles. The molecule has 0 bridgehead atoms. The van der Waals surface area contributed by atoms with Crippen molar-refractivity contribution in [3.63, 3.8) is 0 Å². The van der Waals surface area contributed by atoms with Gasteiger partial charge in [0.25, 0.3) is 11.5 Å². The number of para-hydroxylation sites is 1. The van der Waals surface area contributed by atoms with Gasteiger partial charge in [0.1, 0.15) is 11.2 Å². The first-order valence-corrected chi connectivity index (χ1v) is 8.63. The average Bonchev–Trinajstić information content (AvgIpc) is 2.64. The second-order valence-electron chi connectivity index (χ2n) is 6.83. The fourth-order valence-electron chi connectivity index (χ4n) is 3.22. The number of nitrogens with zero attached hydrogens (tertiary/aromatic N) is 2. The van der Waals surface area contributed by atoms with Crippen LogP contribution in [0.5, 0.6) is 0 Å². The van der Waals surface area contributed by atoms with Crippen LogP contribution in [0.25, 0.3) is 5.69 Å². The molecule has 136 valence electrons. The molecule has 2 N–H and O–H groups in total. The van der Waals surface area contributed by atoms with Crippen LogP contribution in [0.2, 0.25) is 0 Å². The van der Waals surface area contributed by atoms with Crippen LogP contribution in [0.1, 0.15) is 43.1 Å². The third kappa shape index (κ3) is 3.51. The summed E-state index contributed by atoms with van der Waals surface area (Å²) in [7, 11) is 0. The first-order chi connectivity index (χ1) is 12.4. The van der Waals surface area contributed by atoms with E-state index in [4.69, 9.17) is 0 Å². The second-order valence-corrected chi connectivity index (χ2v) is 6.83. The molecule has 3 rings (SSSR count). The summed E-state index contributed by atoms with van der Waals surface area (Å²) in [6.45, 7) is 2.07. The van der Waals surface area contributed by atoms with Gasteiger partial charge in [-0.15, -0.1) is 0 Å². The van der Waals surface area contributed by atoms with Gasteiger partial charge >= 0.3 is 5.97 Å². The van der Waals surface area contributed by atoms with Crippen LogP contribution in [0.15, 0.2) is 47.3 Å². The summed E-state index contributed by atoms with van der Waals surface area (Å²) in [6.07, 6.45) is 2.24. The van der Waals surface area contributed by atoms with Gasteiger partial charge < -0.3 is 10.4 Å². The lowest BCUT2D eigenvalue weighted by molar-refractivity contribution is -0.146. The van der Waals surface area contributed by atoms with Crippen molar-refractivity contribution in [3.8, 4) is 5.69 Å². The number of nitrogens with one attached hydrogen (secondary N) is 1. The largest absolute Gasteiger partial charge is 0.480 e. The molecule has 1 fully saturated rings. The van der Waals surface area contributed by atoms with E-state index in [1.807, 2.05) is 6.07 Å². The van der Waals surface area contributed by atoms with Gasteiger partial charge in [0.2, 0.25) is 0 Å². The van der Waals surface area contributed by atoms with Crippen molar-refractivity contribution in [1.29, 1.82) is 0 Å². The lowest BCUT2D eigenvalue weighted by atomic mass is 9.77. The highest BCUT2D eigenvalue weighted by molar-refractivity contribution is 5.96. The van der Waals surface area contributed by atoms with Crippen molar-refractivity contribution in [3.05, 3.63) is 58.5 Å². The summed E-state index contributed by atoms with van der Waals surface area (Å²) in [4.78, 5) is 36.5. The number of aromatic nitrogens is 2. The smallest absolute Gasteiger partial charge is 0.329 e. The minimum Gasteiger partial charge on any atom is -0.480 e. The number of rotatable bonds is 4. The first-order valence-electron chi connectivity index (χ1n) is 8.63. The van der Waals surface area contributed by atoms with Gasteiger partial charge in [-0.3, -0.25) is 9.59 Å². The van der Waals surface area contributed by atoms with Crippen LogP contribution < -0.4 is 10.9 Å². The Hall–Kier alpha value is -2.96. The van der Waals surface area contributed by atoms with E-state index < -0.39 is 17.4 Å². The summed E-state index contributed by atoms with van der Waals surface area (Å²) in [5.74, 6) is -1.18. The molecule has 1 heterocycles. The molecule has 0 radical (unpaired) electrons. The fourth-order valence-corrected chi connectivity index (χ4v) is 3.22. The Morgan fingerprint density at radius 2 is 1.81 bits per heavy atom. The zero-order chi connectivity index (χ0) is 18.7. The van der Waals surface area contributed by atoms with Crippen LogP contribution in [-0.2, 0) is 4.79 Å². The van der Waals surface area contributed by atoms with E-state index in [1.54, 1.807) is 24.3 Å². The van der Waals surface area contributed by atoms with Crippen molar-refractivity contribution < 1.29 is 14.7 Å². The minimum absolute atomic E-state index is 0.00713. The molecule has 7 nitrogen and oxygen atoms in total. The van der Waals surface area contributed by atoms with Crippen molar-refractivity contribution in [1.82, 2.24) is 15.1 Å². The van der Waals surface area contributed by atoms with E-state index >= 15 is 0 Å². The van der Waals surface area contributed by atoms with Crippen molar-refractivity contribution in [2.24, 2.45) is 5.92 Å². The van der Waals surface area contributed by atoms with Gasteiger partial charge in [-0.25, -0.2) is 4.79 Å². The van der Waals surface area contributed by atoms with E-state index in [9.17, 15) is 19.5 Å². The lowest BCUT2D eigenvalue weighted by Gasteiger charge is -2.36. The molecule has 0 saturated heterocycles. The molecular weight excluding hydrogens is 334 g/mol. The van der Waals surface area contributed by atoms with Crippen LogP contribution >= 0.6 is 0 Å². The quantitative estimate of drug-likeness (QED) is 0.873. The minimum atomic E-state index is -1.28. The lowest BCUT2D eigenvalue weighted by Crippen LogP contribution is -2.56. The maximum absolute atomic E-state index is 12.6. The molecule has 0 aliphatic heterocycles. The molecular formula is C19H21N3O4. The molecule has 7 heteroatoms. The molecule has 1 aliphatic carbocycles. The normalized spacial score (nSPS) is 22.6. The van der Waals surface area contributed by atoms with Gasteiger partial charge in [-0.2, -0.15) is 9.78 Å². The number of carbonyl (C=O) groups is 2. The van der Waals surface area contributed by atoms with Crippen molar-refractivity contribution in [2.75, 3.05) is 0 Å². The Morgan fingerprint density at radius 1 is 1.15 bits per heavy atom. The fraction of sp³-hybridized carbons (Fsp3) is 0.368. The highest BCUT2D eigenvalue weighted by Crippen LogP contribution is 2.32. The number of aliphatic carboxylic acids is 1. The van der Waals surface area contributed by atoms with Gasteiger partial charge in [0, 0.05) is 6.07 Å². The highest BCUT2D eigenvalue weighted by Gasteiger charge is 2.42. The maximum atomic E-state index is 12.6. The summed E-state index contributed by atoms with van der Waals surface area (Å²) in [5.41, 5.74) is -1.11. The predicted molar refractivity (Wildman–Crippen MR) is 95.3 cm³/mol. The van der Waals surface area contributed by atoms with E-state index in [0.717, 1.165) is 17.5 Å². The predicted octanol–water partition coefficient (Wildman–Crippen LogP) is 2.00. The van der Waals surface area contributed by atoms with Gasteiger partial charge in [0.05, 0.1) is 5.69 Å². The maximum Gasteiger partial charge on any atom is 0.329 e. The average molecular weight is 355 g/mol. The Balaban J connectivity index is 1.88. The van der Waals surface area contributed by atoms with E-state index in [1.165, 1.54) is 12.1 Å². The Bertz CT molecular complexity index is 868. The van der Waals surface area contributed by atoms with Crippen LogP contribution in [0.4, 0.5) is 0 Å². The van der Waals surface area contributed by atoms with E-state index in [-0.39, 0.29) is 11.3 Å². The molecule has 1 aliphatic rings. The number of benzene rings is 1. The summed E-state index contributed by atoms with van der Waals surface area (Å²) >= 11 is 0. The molecule has 0 atom stereocenters. The molecule has 2 aromatic rings. The molecule has 26 heavy (non-hydrogen) atoms. The number of amides is 1. The Labute approximate surface area is 150 Å². The topological polar surface area (TPSA) is 101 Å². The number of carboxylic acids is 1. The third-order valence-corrected chi connectivity index (χ3v) is 4.92. The first kappa shape index (κ1) is 17.8. The molecule has 1 aromatic carbocycles. The Morgan fingerprint density at radius 3 is 2.42 bits per heavy atom. The van der Waals surface area contributed by atoms with E-state index in [2.05, 4.69) is 17.3 Å². The third-order valence-electron chi connectivity index (χ3n) is 4.92. The van der Waals surface area contributed by atoms with Crippen LogP contribution in [0.3, 0.4) is 0 Å². The summed E-state index contributed by atoms with van der Waals surface area (Å²) in [6, 6.07) is 11.3. The SMILES string of the molecule is CC1CCC(NC(=O)c2ccc(=O)n(-c3ccccc3)n2)(C(=O)O)CC1. The van der Waals surface area contributed by atoms with Crippen molar-refractivity contribution in [2.45, 2.75) is 38.1 Å². The zero-order valence-corrected chi connectivity index (χ0v) is 14.5. The number of hydrogen-bond donors (Lipinski definition) is 2. The second kappa shape index (κ2) is 7.11. The number of carbonyl (C=O) groups excluding carboxylic acids is 1. The van der Waals surface area contributed by atoms with Crippen LogP contribution in [-0.4, -0.2) is 32.3 Å². The van der Waals surface area contributed by atoms with Crippen LogP contribution in [0, 0.1) is 5.92 Å². The highest BCUT2D eigenvalue weighted by atomic mass is 16.4. The van der Waals surface area contributed by atoms with Gasteiger partial charge in [-0.1, -0.05) is 25.1 Å². The molecule has 0 unspecified atom stereocenters. The molecule has 1 saturated carbocycles. The van der Waals surface area contributed by atoms with Crippen molar-refractivity contribution >= 4 is 11.9 Å². The van der Waals surface area contributed by atoms with Gasteiger partial charge in [-0.05, 0) is 49.8 Å². The van der Waals surface area contributed by atoms with E-state index in [0.29, 0.717) is 24.4 Å². The van der Waals surface area contributed by atoms with Gasteiger partial charge in [0.15, 0.2) is 0 Å². The summed E-state index contributed by atoms with van der Waals surface area (Å²) in [5, 5.41) is 16.4. The Kier molecular flexibility index (Phi) is 4.88. The summed E-state index contributed by atoms with van der Waals surface area (Å²) < 4.78 is 1.13. The molecule has 1 amide bonds. The standard InChI is InChI=1S/C19H21N3O4/c1-13-9-11-19(12-10-13,18(25)26)20-17(24)15-7-8-16(23)22(21-15)14-5-3-2-4-6-14/h2-8,13H,9-12H2,1H3,(H,20,24)(H,25,26). The molecule has 0 spiro atoms. The zero-order valence-electron chi connectivity index (χ0n) is 14.5. The monoisotopic (exact) mass is 355 g/mol.